The monoisotopic (exact) mass is 265 g/mol. The Morgan fingerprint density at radius 3 is 2.05 bits per heavy atom. The van der Waals surface area contributed by atoms with Gasteiger partial charge in [-0.2, -0.15) is 0 Å². The molecule has 1 heterocycles. The quantitative estimate of drug-likeness (QED) is 0.889. The van der Waals surface area contributed by atoms with Gasteiger partial charge in [0.1, 0.15) is 6.10 Å². The Bertz CT molecular complexity index is 401. The van der Waals surface area contributed by atoms with Crippen molar-refractivity contribution in [3.63, 3.8) is 0 Å². The predicted octanol–water partition coefficient (Wildman–Crippen LogP) is 2.72. The molecule has 0 aliphatic carbocycles. The average Bonchev–Trinajstić information content (AvgIpc) is 2.27. The Balaban J connectivity index is 3.12. The van der Waals surface area contributed by atoms with Crippen LogP contribution in [0.3, 0.4) is 0 Å². The van der Waals surface area contributed by atoms with Gasteiger partial charge in [-0.05, 0) is 44.2 Å². The second-order valence-electron chi connectivity index (χ2n) is 6.11. The lowest BCUT2D eigenvalue weighted by Gasteiger charge is -2.28. The van der Waals surface area contributed by atoms with E-state index in [-0.39, 0.29) is 11.5 Å². The van der Waals surface area contributed by atoms with Gasteiger partial charge in [0.25, 0.3) is 0 Å². The van der Waals surface area contributed by atoms with Crippen LogP contribution in [0.2, 0.25) is 0 Å². The highest BCUT2D eigenvalue weighted by Crippen LogP contribution is 2.34. The van der Waals surface area contributed by atoms with Crippen molar-refractivity contribution >= 4 is 0 Å². The lowest BCUT2D eigenvalue weighted by Crippen LogP contribution is -2.23. The molecule has 1 aromatic rings. The van der Waals surface area contributed by atoms with Gasteiger partial charge in [-0.1, -0.05) is 20.8 Å². The molecule has 1 aromatic heterocycles. The first-order chi connectivity index (χ1) is 8.81. The Kier molecular flexibility index (Phi) is 5.44. The van der Waals surface area contributed by atoms with Crippen LogP contribution in [0.5, 0.6) is 0 Å². The van der Waals surface area contributed by atoms with Crippen molar-refractivity contribution in [2.75, 3.05) is 13.7 Å². The zero-order chi connectivity index (χ0) is 14.6. The molecule has 0 aliphatic rings. The van der Waals surface area contributed by atoms with Gasteiger partial charge in [0.15, 0.2) is 5.82 Å². The van der Waals surface area contributed by atoms with Gasteiger partial charge in [0, 0.05) is 18.5 Å². The van der Waals surface area contributed by atoms with E-state index in [2.05, 4.69) is 30.7 Å². The maximum atomic E-state index is 5.59. The SMILES string of the molecule is COC(c1nc(C)c(CCCN)c(C)n1)C(C)(C)C. The third-order valence-corrected chi connectivity index (χ3v) is 3.33. The fraction of sp³-hybridized carbons (Fsp3) is 0.733. The molecule has 0 fully saturated rings. The fourth-order valence-corrected chi connectivity index (χ4v) is 2.37. The number of rotatable bonds is 5. The van der Waals surface area contributed by atoms with Crippen LogP contribution < -0.4 is 5.73 Å². The topological polar surface area (TPSA) is 61.0 Å². The highest BCUT2D eigenvalue weighted by molar-refractivity contribution is 5.25. The maximum Gasteiger partial charge on any atom is 0.158 e. The van der Waals surface area contributed by atoms with Crippen molar-refractivity contribution in [3.05, 3.63) is 22.8 Å². The van der Waals surface area contributed by atoms with Gasteiger partial charge < -0.3 is 10.5 Å². The predicted molar refractivity (Wildman–Crippen MR) is 78.1 cm³/mol. The van der Waals surface area contributed by atoms with Crippen LogP contribution in [-0.4, -0.2) is 23.6 Å². The van der Waals surface area contributed by atoms with Gasteiger partial charge in [0.2, 0.25) is 0 Å². The lowest BCUT2D eigenvalue weighted by molar-refractivity contribution is 0.00839. The van der Waals surface area contributed by atoms with Crippen LogP contribution in [0.15, 0.2) is 0 Å². The number of hydrogen-bond acceptors (Lipinski definition) is 4. The van der Waals surface area contributed by atoms with Gasteiger partial charge >= 0.3 is 0 Å². The molecular weight excluding hydrogens is 238 g/mol. The van der Waals surface area contributed by atoms with E-state index in [0.717, 1.165) is 30.1 Å². The largest absolute Gasteiger partial charge is 0.373 e. The van der Waals surface area contributed by atoms with Crippen LogP contribution in [0, 0.1) is 19.3 Å². The standard InChI is InChI=1S/C15H27N3O/c1-10-12(8-7-9-16)11(2)18-14(17-10)13(19-6)15(3,4)5/h13H,7-9,16H2,1-6H3. The minimum atomic E-state index is -0.0894. The summed E-state index contributed by atoms with van der Waals surface area (Å²) in [6.45, 7) is 11.2. The van der Waals surface area contributed by atoms with Crippen molar-refractivity contribution < 1.29 is 4.74 Å². The van der Waals surface area contributed by atoms with Gasteiger partial charge in [-0.3, -0.25) is 0 Å². The Hall–Kier alpha value is -1.00. The molecular formula is C15H27N3O. The fourth-order valence-electron chi connectivity index (χ4n) is 2.37. The highest BCUT2D eigenvalue weighted by atomic mass is 16.5. The number of methoxy groups -OCH3 is 1. The van der Waals surface area contributed by atoms with E-state index in [0.29, 0.717) is 6.54 Å². The van der Waals surface area contributed by atoms with Crippen molar-refractivity contribution in [2.24, 2.45) is 11.1 Å². The Morgan fingerprint density at radius 2 is 1.68 bits per heavy atom. The van der Waals surface area contributed by atoms with Gasteiger partial charge in [-0.25, -0.2) is 9.97 Å². The van der Waals surface area contributed by atoms with E-state index in [1.54, 1.807) is 7.11 Å². The summed E-state index contributed by atoms with van der Waals surface area (Å²) in [6, 6.07) is 0. The van der Waals surface area contributed by atoms with Crippen LogP contribution in [0.4, 0.5) is 0 Å². The number of ether oxygens (including phenoxy) is 1. The molecule has 0 aromatic carbocycles. The van der Waals surface area contributed by atoms with Crippen molar-refractivity contribution in [1.29, 1.82) is 0 Å². The second kappa shape index (κ2) is 6.44. The van der Waals surface area contributed by atoms with E-state index in [1.165, 1.54) is 5.56 Å². The van der Waals surface area contributed by atoms with Crippen molar-refractivity contribution in [1.82, 2.24) is 9.97 Å². The number of nitrogens with zero attached hydrogens (tertiary/aromatic N) is 2. The zero-order valence-corrected chi connectivity index (χ0v) is 13.1. The van der Waals surface area contributed by atoms with E-state index >= 15 is 0 Å². The van der Waals surface area contributed by atoms with Crippen molar-refractivity contribution in [2.45, 2.75) is 53.6 Å². The molecule has 4 heteroatoms. The normalized spacial score (nSPS) is 13.6. The van der Waals surface area contributed by atoms with E-state index in [4.69, 9.17) is 10.5 Å². The molecule has 0 aliphatic heterocycles. The summed E-state index contributed by atoms with van der Waals surface area (Å²) < 4.78 is 5.59. The molecule has 108 valence electrons. The zero-order valence-electron chi connectivity index (χ0n) is 13.1. The highest BCUT2D eigenvalue weighted by Gasteiger charge is 2.29. The minimum Gasteiger partial charge on any atom is -0.373 e. The smallest absolute Gasteiger partial charge is 0.158 e. The molecule has 0 saturated heterocycles. The first-order valence-corrected chi connectivity index (χ1v) is 6.88. The molecule has 1 unspecified atom stereocenters. The molecule has 0 radical (unpaired) electrons. The molecule has 19 heavy (non-hydrogen) atoms. The molecule has 4 nitrogen and oxygen atoms in total. The molecule has 2 N–H and O–H groups in total. The van der Waals surface area contributed by atoms with E-state index in [1.807, 2.05) is 13.8 Å². The molecule has 0 saturated carbocycles. The Labute approximate surface area is 116 Å². The second-order valence-corrected chi connectivity index (χ2v) is 6.11. The summed E-state index contributed by atoms with van der Waals surface area (Å²) in [7, 11) is 1.71. The summed E-state index contributed by atoms with van der Waals surface area (Å²) in [4.78, 5) is 9.30. The summed E-state index contributed by atoms with van der Waals surface area (Å²) in [5, 5.41) is 0. The average molecular weight is 265 g/mol. The summed E-state index contributed by atoms with van der Waals surface area (Å²) >= 11 is 0. The number of aryl methyl sites for hydroxylation is 2. The Morgan fingerprint density at radius 1 is 1.16 bits per heavy atom. The number of hydrogen-bond donors (Lipinski definition) is 1. The molecule has 0 amide bonds. The van der Waals surface area contributed by atoms with Crippen LogP contribution in [0.25, 0.3) is 0 Å². The summed E-state index contributed by atoms with van der Waals surface area (Å²) in [6.07, 6.45) is 1.83. The summed E-state index contributed by atoms with van der Waals surface area (Å²) in [5.41, 5.74) is 8.86. The molecule has 1 atom stereocenters. The molecule has 0 bridgehead atoms. The third kappa shape index (κ3) is 3.98. The number of aromatic nitrogens is 2. The molecule has 0 spiro atoms. The van der Waals surface area contributed by atoms with Crippen molar-refractivity contribution in [3.8, 4) is 0 Å². The minimum absolute atomic E-state index is 0.0214. The first kappa shape index (κ1) is 16.1. The van der Waals surface area contributed by atoms with Crippen LogP contribution >= 0.6 is 0 Å². The van der Waals surface area contributed by atoms with Gasteiger partial charge in [-0.15, -0.1) is 0 Å². The van der Waals surface area contributed by atoms with Crippen LogP contribution in [0.1, 0.15) is 56.1 Å². The van der Waals surface area contributed by atoms with Gasteiger partial charge in [0.05, 0.1) is 0 Å². The first-order valence-electron chi connectivity index (χ1n) is 6.88. The lowest BCUT2D eigenvalue weighted by atomic mass is 9.88. The third-order valence-electron chi connectivity index (χ3n) is 3.33. The van der Waals surface area contributed by atoms with E-state index in [9.17, 15) is 0 Å². The summed E-state index contributed by atoms with van der Waals surface area (Å²) in [5.74, 6) is 0.779. The van der Waals surface area contributed by atoms with E-state index < -0.39 is 0 Å². The molecule has 1 rings (SSSR count). The van der Waals surface area contributed by atoms with Crippen LogP contribution in [-0.2, 0) is 11.2 Å². The maximum absolute atomic E-state index is 5.59. The number of nitrogens with two attached hydrogens (primary N) is 1.